The second-order valence-electron chi connectivity index (χ2n) is 11.2. The Labute approximate surface area is 269 Å². The number of anilines is 1. The van der Waals surface area contributed by atoms with Gasteiger partial charge in [-0.1, -0.05) is 108 Å². The third-order valence-electron chi connectivity index (χ3n) is 7.15. The largest absolute Gasteiger partial charge is 0.354 e. The van der Waals surface area contributed by atoms with Gasteiger partial charge in [-0.3, -0.25) is 13.9 Å². The number of nitrogens with one attached hydrogen (secondary N) is 1. The summed E-state index contributed by atoms with van der Waals surface area (Å²) in [5.74, 6) is -0.575. The average molecular weight is 677 g/mol. The van der Waals surface area contributed by atoms with E-state index in [1.807, 2.05) is 87.5 Å². The molecule has 0 saturated heterocycles. The van der Waals surface area contributed by atoms with E-state index in [2.05, 4.69) is 21.2 Å². The Bertz CT molecular complexity index is 1630. The van der Waals surface area contributed by atoms with Gasteiger partial charge in [-0.25, -0.2) is 8.42 Å². The van der Waals surface area contributed by atoms with Crippen molar-refractivity contribution < 1.29 is 18.0 Å². The van der Waals surface area contributed by atoms with Gasteiger partial charge in [-0.05, 0) is 60.4 Å². The van der Waals surface area contributed by atoms with E-state index in [1.54, 1.807) is 30.3 Å². The van der Waals surface area contributed by atoms with Crippen LogP contribution in [0.2, 0.25) is 0 Å². The van der Waals surface area contributed by atoms with Gasteiger partial charge in [0.2, 0.25) is 11.8 Å². The molecule has 0 aliphatic rings. The number of hydrogen-bond donors (Lipinski definition) is 1. The lowest BCUT2D eigenvalue weighted by molar-refractivity contribution is -0.140. The van der Waals surface area contributed by atoms with Gasteiger partial charge in [0, 0.05) is 24.0 Å². The molecule has 44 heavy (non-hydrogen) atoms. The van der Waals surface area contributed by atoms with E-state index < -0.39 is 28.5 Å². The van der Waals surface area contributed by atoms with Gasteiger partial charge in [-0.15, -0.1) is 0 Å². The molecule has 0 saturated carbocycles. The van der Waals surface area contributed by atoms with E-state index in [0.29, 0.717) is 12.2 Å². The topological polar surface area (TPSA) is 86.8 Å². The van der Waals surface area contributed by atoms with Crippen LogP contribution in [0.25, 0.3) is 0 Å². The number of carbonyl (C=O) groups is 2. The summed E-state index contributed by atoms with van der Waals surface area (Å²) in [6.45, 7) is 6.00. The summed E-state index contributed by atoms with van der Waals surface area (Å²) in [7, 11) is -4.12. The summed E-state index contributed by atoms with van der Waals surface area (Å²) in [5, 5.41) is 3.01. The molecule has 9 heteroatoms. The molecular formula is C35H38BrN3O4S. The van der Waals surface area contributed by atoms with Crippen LogP contribution in [0.5, 0.6) is 0 Å². The van der Waals surface area contributed by atoms with Gasteiger partial charge in [0.1, 0.15) is 12.6 Å². The summed E-state index contributed by atoms with van der Waals surface area (Å²) in [5.41, 5.74) is 3.01. The van der Waals surface area contributed by atoms with Crippen LogP contribution in [0.4, 0.5) is 5.69 Å². The predicted octanol–water partition coefficient (Wildman–Crippen LogP) is 6.37. The minimum Gasteiger partial charge on any atom is -0.354 e. The van der Waals surface area contributed by atoms with Gasteiger partial charge in [0.15, 0.2) is 0 Å². The quantitative estimate of drug-likeness (QED) is 0.179. The van der Waals surface area contributed by atoms with Crippen LogP contribution in [0.3, 0.4) is 0 Å². The van der Waals surface area contributed by atoms with Gasteiger partial charge in [0.25, 0.3) is 10.0 Å². The van der Waals surface area contributed by atoms with E-state index in [-0.39, 0.29) is 29.7 Å². The van der Waals surface area contributed by atoms with Gasteiger partial charge >= 0.3 is 0 Å². The van der Waals surface area contributed by atoms with Gasteiger partial charge in [-0.2, -0.15) is 0 Å². The van der Waals surface area contributed by atoms with Crippen LogP contribution in [0.15, 0.2) is 119 Å². The Kier molecular flexibility index (Phi) is 11.4. The van der Waals surface area contributed by atoms with Crippen LogP contribution >= 0.6 is 15.9 Å². The maximum absolute atomic E-state index is 14.4. The number of rotatable bonds is 13. The maximum atomic E-state index is 14.4. The fraction of sp³-hybridized carbons (Fsp3) is 0.257. The van der Waals surface area contributed by atoms with Crippen molar-refractivity contribution in [1.29, 1.82) is 0 Å². The lowest BCUT2D eigenvalue weighted by Gasteiger charge is -2.34. The summed E-state index contributed by atoms with van der Waals surface area (Å²) >= 11 is 3.46. The molecule has 0 aliphatic heterocycles. The summed E-state index contributed by atoms with van der Waals surface area (Å²) in [6.07, 6.45) is 0.267. The highest BCUT2D eigenvalue weighted by molar-refractivity contribution is 9.10. The Morgan fingerprint density at radius 1 is 0.795 bits per heavy atom. The average Bonchev–Trinajstić information content (AvgIpc) is 3.02. The second kappa shape index (κ2) is 15.2. The molecule has 4 rings (SSSR count). The van der Waals surface area contributed by atoms with E-state index >= 15 is 0 Å². The number of aryl methyl sites for hydroxylation is 1. The molecule has 0 bridgehead atoms. The molecule has 230 valence electrons. The van der Waals surface area contributed by atoms with Crippen LogP contribution in [0, 0.1) is 12.8 Å². The third kappa shape index (κ3) is 8.80. The molecule has 2 amide bonds. The van der Waals surface area contributed by atoms with Crippen molar-refractivity contribution in [2.75, 3.05) is 17.4 Å². The summed E-state index contributed by atoms with van der Waals surface area (Å²) in [4.78, 5) is 29.8. The van der Waals surface area contributed by atoms with E-state index in [9.17, 15) is 18.0 Å². The fourth-order valence-electron chi connectivity index (χ4n) is 4.72. The highest BCUT2D eigenvalue weighted by atomic mass is 79.9. The Balaban J connectivity index is 1.78. The molecule has 1 atom stereocenters. The predicted molar refractivity (Wildman–Crippen MR) is 179 cm³/mol. The van der Waals surface area contributed by atoms with Crippen LogP contribution in [-0.2, 0) is 32.6 Å². The van der Waals surface area contributed by atoms with Gasteiger partial charge < -0.3 is 10.2 Å². The van der Waals surface area contributed by atoms with Crippen LogP contribution in [-0.4, -0.2) is 44.3 Å². The number of hydrogen-bond acceptors (Lipinski definition) is 4. The first-order valence-electron chi connectivity index (χ1n) is 14.5. The van der Waals surface area contributed by atoms with Crippen molar-refractivity contribution in [3.8, 4) is 0 Å². The lowest BCUT2D eigenvalue weighted by Crippen LogP contribution is -2.53. The first-order chi connectivity index (χ1) is 21.0. The van der Waals surface area contributed by atoms with Crippen molar-refractivity contribution in [2.24, 2.45) is 5.92 Å². The molecule has 0 aromatic heterocycles. The number of amides is 2. The molecule has 1 unspecified atom stereocenters. The molecule has 4 aromatic rings. The minimum atomic E-state index is -4.12. The molecular weight excluding hydrogens is 638 g/mol. The number of nitrogens with zero attached hydrogens (tertiary/aromatic N) is 2. The number of carbonyl (C=O) groups excluding carboxylic acids is 2. The summed E-state index contributed by atoms with van der Waals surface area (Å²) < 4.78 is 30.0. The molecule has 0 fully saturated rings. The van der Waals surface area contributed by atoms with Gasteiger partial charge in [0.05, 0.1) is 10.6 Å². The standard InChI is InChI=1S/C35H38BrN3O4S/c1-26(2)23-37-35(41)33(22-28-10-6-4-7-11-28)38(24-29-16-18-30(36)19-17-29)34(40)25-39(31-20-14-27(3)15-21-31)44(42,43)32-12-8-5-9-13-32/h4-21,26,33H,22-25H2,1-3H3,(H,37,41). The second-order valence-corrected chi connectivity index (χ2v) is 13.9. The van der Waals surface area contributed by atoms with Crippen LogP contribution in [0.1, 0.15) is 30.5 Å². The molecule has 7 nitrogen and oxygen atoms in total. The highest BCUT2D eigenvalue weighted by Gasteiger charge is 2.34. The fourth-order valence-corrected chi connectivity index (χ4v) is 6.42. The zero-order valence-electron chi connectivity index (χ0n) is 25.2. The molecule has 0 radical (unpaired) electrons. The highest BCUT2D eigenvalue weighted by Crippen LogP contribution is 2.25. The summed E-state index contributed by atoms with van der Waals surface area (Å²) in [6, 6.07) is 31.2. The Morgan fingerprint density at radius 2 is 1.39 bits per heavy atom. The molecule has 0 aliphatic carbocycles. The SMILES string of the molecule is Cc1ccc(N(CC(=O)N(Cc2ccc(Br)cc2)C(Cc2ccccc2)C(=O)NCC(C)C)S(=O)(=O)c2ccccc2)cc1. The van der Waals surface area contributed by atoms with E-state index in [4.69, 9.17) is 0 Å². The van der Waals surface area contributed by atoms with Crippen molar-refractivity contribution >= 4 is 43.5 Å². The van der Waals surface area contributed by atoms with Crippen molar-refractivity contribution in [1.82, 2.24) is 10.2 Å². The number of sulfonamides is 1. The molecule has 0 heterocycles. The molecule has 4 aromatic carbocycles. The third-order valence-corrected chi connectivity index (χ3v) is 9.47. The van der Waals surface area contributed by atoms with Crippen molar-refractivity contribution in [3.63, 3.8) is 0 Å². The Hall–Kier alpha value is -3.95. The van der Waals surface area contributed by atoms with E-state index in [1.165, 1.54) is 17.0 Å². The first kappa shape index (κ1) is 33.0. The zero-order chi connectivity index (χ0) is 31.7. The Morgan fingerprint density at radius 3 is 1.98 bits per heavy atom. The minimum absolute atomic E-state index is 0.0725. The maximum Gasteiger partial charge on any atom is 0.264 e. The van der Waals surface area contributed by atoms with E-state index in [0.717, 1.165) is 25.5 Å². The monoisotopic (exact) mass is 675 g/mol. The normalized spacial score (nSPS) is 12.0. The van der Waals surface area contributed by atoms with Crippen LogP contribution < -0.4 is 9.62 Å². The molecule has 1 N–H and O–H groups in total. The lowest BCUT2D eigenvalue weighted by atomic mass is 10.0. The first-order valence-corrected chi connectivity index (χ1v) is 16.8. The number of halogens is 1. The van der Waals surface area contributed by atoms with Crippen molar-refractivity contribution in [2.45, 2.75) is 44.7 Å². The smallest absolute Gasteiger partial charge is 0.264 e. The zero-order valence-corrected chi connectivity index (χ0v) is 27.6. The number of benzene rings is 4. The van der Waals surface area contributed by atoms with Crippen molar-refractivity contribution in [3.05, 3.63) is 130 Å². The molecule has 0 spiro atoms.